The lowest BCUT2D eigenvalue weighted by molar-refractivity contribution is 0.00701. The SMILES string of the molecule is CN=C(NCc1ncc(-c2ccccc2)[nH]1)NC1CN(C(=O)OC(C)(C)C)C1.I. The van der Waals surface area contributed by atoms with E-state index in [-0.39, 0.29) is 36.1 Å². The molecular weight excluding hydrogens is 483 g/mol. The van der Waals surface area contributed by atoms with Gasteiger partial charge in [0, 0.05) is 20.1 Å². The van der Waals surface area contributed by atoms with Gasteiger partial charge in [0.25, 0.3) is 0 Å². The Bertz CT molecular complexity index is 825. The Kier molecular flexibility index (Phi) is 7.88. The van der Waals surface area contributed by atoms with Crippen LogP contribution in [0.3, 0.4) is 0 Å². The van der Waals surface area contributed by atoms with Crippen LogP contribution in [0.1, 0.15) is 26.6 Å². The highest BCUT2D eigenvalue weighted by molar-refractivity contribution is 14.0. The summed E-state index contributed by atoms with van der Waals surface area (Å²) in [6.07, 6.45) is 1.55. The van der Waals surface area contributed by atoms with E-state index in [0.717, 1.165) is 17.1 Å². The number of rotatable bonds is 4. The summed E-state index contributed by atoms with van der Waals surface area (Å²) in [4.78, 5) is 25.6. The fourth-order valence-corrected chi connectivity index (χ4v) is 2.82. The maximum Gasteiger partial charge on any atom is 0.410 e. The number of amides is 1. The van der Waals surface area contributed by atoms with Gasteiger partial charge in [0.05, 0.1) is 24.5 Å². The minimum absolute atomic E-state index is 0. The van der Waals surface area contributed by atoms with Crippen LogP contribution < -0.4 is 10.6 Å². The van der Waals surface area contributed by atoms with Crippen molar-refractivity contribution in [3.05, 3.63) is 42.4 Å². The summed E-state index contributed by atoms with van der Waals surface area (Å²) in [6, 6.07) is 10.2. The van der Waals surface area contributed by atoms with E-state index >= 15 is 0 Å². The Balaban J connectivity index is 0.00000300. The molecule has 3 N–H and O–H groups in total. The van der Waals surface area contributed by atoms with Crippen LogP contribution in [0.2, 0.25) is 0 Å². The average Bonchev–Trinajstić information content (AvgIpc) is 3.08. The summed E-state index contributed by atoms with van der Waals surface area (Å²) in [6.45, 7) is 7.30. The zero-order valence-electron chi connectivity index (χ0n) is 17.2. The van der Waals surface area contributed by atoms with Gasteiger partial charge in [-0.1, -0.05) is 30.3 Å². The quantitative estimate of drug-likeness (QED) is 0.333. The van der Waals surface area contributed by atoms with E-state index < -0.39 is 5.60 Å². The van der Waals surface area contributed by atoms with Crippen molar-refractivity contribution in [2.24, 2.45) is 4.99 Å². The molecule has 29 heavy (non-hydrogen) atoms. The number of carbonyl (C=O) groups is 1. The smallest absolute Gasteiger partial charge is 0.410 e. The number of imidazole rings is 1. The highest BCUT2D eigenvalue weighted by Gasteiger charge is 2.34. The van der Waals surface area contributed by atoms with Gasteiger partial charge in [0.2, 0.25) is 0 Å². The lowest BCUT2D eigenvalue weighted by Crippen LogP contribution is -2.63. The van der Waals surface area contributed by atoms with Crippen molar-refractivity contribution in [1.82, 2.24) is 25.5 Å². The zero-order chi connectivity index (χ0) is 20.1. The lowest BCUT2D eigenvalue weighted by atomic mass is 10.1. The first-order valence-corrected chi connectivity index (χ1v) is 9.38. The number of benzene rings is 1. The summed E-state index contributed by atoms with van der Waals surface area (Å²) in [5, 5.41) is 6.55. The predicted octanol–water partition coefficient (Wildman–Crippen LogP) is 2.98. The monoisotopic (exact) mass is 512 g/mol. The van der Waals surface area contributed by atoms with E-state index in [2.05, 4.69) is 25.6 Å². The largest absolute Gasteiger partial charge is 0.444 e. The van der Waals surface area contributed by atoms with Crippen LogP contribution in [0, 0.1) is 0 Å². The molecule has 2 heterocycles. The number of H-pyrrole nitrogens is 1. The third-order valence-corrected chi connectivity index (χ3v) is 4.23. The van der Waals surface area contributed by atoms with Crippen LogP contribution >= 0.6 is 24.0 Å². The predicted molar refractivity (Wildman–Crippen MR) is 124 cm³/mol. The fourth-order valence-electron chi connectivity index (χ4n) is 2.82. The number of likely N-dealkylation sites (tertiary alicyclic amines) is 1. The molecule has 1 aromatic heterocycles. The van der Waals surface area contributed by atoms with Crippen molar-refractivity contribution >= 4 is 36.0 Å². The maximum absolute atomic E-state index is 12.0. The molecule has 1 saturated heterocycles. The Labute approximate surface area is 188 Å². The van der Waals surface area contributed by atoms with E-state index in [1.165, 1.54) is 0 Å². The first-order chi connectivity index (χ1) is 13.3. The molecule has 3 rings (SSSR count). The summed E-state index contributed by atoms with van der Waals surface area (Å²) >= 11 is 0. The second-order valence-corrected chi connectivity index (χ2v) is 7.76. The Hall–Kier alpha value is -2.30. The van der Waals surface area contributed by atoms with Crippen LogP contribution in [0.4, 0.5) is 4.79 Å². The number of carbonyl (C=O) groups excluding carboxylic acids is 1. The Morgan fingerprint density at radius 3 is 2.62 bits per heavy atom. The molecule has 0 saturated carbocycles. The minimum atomic E-state index is -0.477. The molecule has 158 valence electrons. The molecule has 1 amide bonds. The first kappa shape index (κ1) is 23.0. The zero-order valence-corrected chi connectivity index (χ0v) is 19.6. The van der Waals surface area contributed by atoms with Gasteiger partial charge in [-0.15, -0.1) is 24.0 Å². The number of guanidine groups is 1. The van der Waals surface area contributed by atoms with Gasteiger partial charge in [-0.2, -0.15) is 0 Å². The summed E-state index contributed by atoms with van der Waals surface area (Å²) in [5.41, 5.74) is 1.60. The molecule has 0 spiro atoms. The highest BCUT2D eigenvalue weighted by atomic mass is 127. The van der Waals surface area contributed by atoms with Crippen molar-refractivity contribution in [3.63, 3.8) is 0 Å². The standard InChI is InChI=1S/C20H28N6O2.HI/c1-20(2,3)28-19(27)26-12-15(13-26)24-18(21-4)23-11-17-22-10-16(25-17)14-8-6-5-7-9-14;/h5-10,15H,11-13H2,1-4H3,(H,22,25)(H2,21,23,24);1H. The van der Waals surface area contributed by atoms with E-state index in [1.54, 1.807) is 11.9 Å². The minimum Gasteiger partial charge on any atom is -0.444 e. The highest BCUT2D eigenvalue weighted by Crippen LogP contribution is 2.16. The number of nitrogens with one attached hydrogen (secondary N) is 3. The third-order valence-electron chi connectivity index (χ3n) is 4.23. The van der Waals surface area contributed by atoms with Crippen LogP contribution in [-0.2, 0) is 11.3 Å². The molecular formula is C20H29IN6O2. The fraction of sp³-hybridized carbons (Fsp3) is 0.450. The molecule has 0 radical (unpaired) electrons. The molecule has 0 atom stereocenters. The molecule has 0 bridgehead atoms. The van der Waals surface area contributed by atoms with Crippen LogP contribution in [0.15, 0.2) is 41.5 Å². The average molecular weight is 512 g/mol. The Morgan fingerprint density at radius 2 is 2.00 bits per heavy atom. The molecule has 0 unspecified atom stereocenters. The van der Waals surface area contributed by atoms with Gasteiger partial charge in [0.1, 0.15) is 11.4 Å². The van der Waals surface area contributed by atoms with E-state index in [9.17, 15) is 4.79 Å². The van der Waals surface area contributed by atoms with Gasteiger partial charge in [-0.3, -0.25) is 4.99 Å². The van der Waals surface area contributed by atoms with Crippen molar-refractivity contribution < 1.29 is 9.53 Å². The summed E-state index contributed by atoms with van der Waals surface area (Å²) < 4.78 is 5.37. The molecule has 8 nitrogen and oxygen atoms in total. The number of hydrogen-bond acceptors (Lipinski definition) is 4. The van der Waals surface area contributed by atoms with Crippen molar-refractivity contribution in [3.8, 4) is 11.3 Å². The second-order valence-electron chi connectivity index (χ2n) is 7.76. The van der Waals surface area contributed by atoms with Gasteiger partial charge in [0.15, 0.2) is 5.96 Å². The summed E-state index contributed by atoms with van der Waals surface area (Å²) in [7, 11) is 1.72. The van der Waals surface area contributed by atoms with Crippen molar-refractivity contribution in [2.45, 2.75) is 39.0 Å². The number of aliphatic imine (C=N–C) groups is 1. The molecule has 1 aliphatic rings. The maximum atomic E-state index is 12.0. The molecule has 1 aromatic carbocycles. The number of aromatic nitrogens is 2. The van der Waals surface area contributed by atoms with Gasteiger partial charge < -0.3 is 25.3 Å². The van der Waals surface area contributed by atoms with E-state index in [0.29, 0.717) is 25.6 Å². The third kappa shape index (κ3) is 6.62. The number of nitrogens with zero attached hydrogens (tertiary/aromatic N) is 3. The molecule has 2 aromatic rings. The van der Waals surface area contributed by atoms with Gasteiger partial charge >= 0.3 is 6.09 Å². The number of hydrogen-bond donors (Lipinski definition) is 3. The lowest BCUT2D eigenvalue weighted by Gasteiger charge is -2.40. The van der Waals surface area contributed by atoms with E-state index in [1.807, 2.05) is 57.3 Å². The normalized spacial score (nSPS) is 14.6. The van der Waals surface area contributed by atoms with Crippen molar-refractivity contribution in [1.29, 1.82) is 0 Å². The summed E-state index contributed by atoms with van der Waals surface area (Å²) in [5.74, 6) is 1.50. The number of ether oxygens (including phenoxy) is 1. The van der Waals surface area contributed by atoms with E-state index in [4.69, 9.17) is 4.74 Å². The van der Waals surface area contributed by atoms with Crippen molar-refractivity contribution in [2.75, 3.05) is 20.1 Å². The number of aromatic amines is 1. The Morgan fingerprint density at radius 1 is 1.31 bits per heavy atom. The molecule has 1 fully saturated rings. The van der Waals surface area contributed by atoms with Crippen LogP contribution in [-0.4, -0.2) is 58.7 Å². The first-order valence-electron chi connectivity index (χ1n) is 9.38. The number of halogens is 1. The van der Waals surface area contributed by atoms with Gasteiger partial charge in [-0.05, 0) is 26.3 Å². The molecule has 0 aliphatic carbocycles. The van der Waals surface area contributed by atoms with Crippen LogP contribution in [0.25, 0.3) is 11.3 Å². The molecule has 9 heteroatoms. The topological polar surface area (TPSA) is 94.6 Å². The second kappa shape index (κ2) is 9.95. The van der Waals surface area contributed by atoms with Gasteiger partial charge in [-0.25, -0.2) is 9.78 Å². The molecule has 1 aliphatic heterocycles. The van der Waals surface area contributed by atoms with Crippen LogP contribution in [0.5, 0.6) is 0 Å².